The number of hydrogen-bond acceptors (Lipinski definition) is 2. The molecule has 0 radical (unpaired) electrons. The van der Waals surface area contributed by atoms with Gasteiger partial charge in [0.2, 0.25) is 0 Å². The van der Waals surface area contributed by atoms with E-state index in [0.717, 1.165) is 24.7 Å². The van der Waals surface area contributed by atoms with Crippen LogP contribution in [0.5, 0.6) is 0 Å². The largest absolute Gasteiger partial charge is 0.357 e. The summed E-state index contributed by atoms with van der Waals surface area (Å²) in [6.45, 7) is 6.55. The Balaban J connectivity index is 0.00000242. The van der Waals surface area contributed by atoms with Crippen molar-refractivity contribution in [2.45, 2.75) is 26.3 Å². The van der Waals surface area contributed by atoms with Crippen molar-refractivity contribution in [1.82, 2.24) is 20.8 Å². The Hall–Kier alpha value is -1.57. The zero-order valence-corrected chi connectivity index (χ0v) is 15.4. The molecule has 1 heterocycles. The Morgan fingerprint density at radius 1 is 1.23 bits per heavy atom. The molecule has 6 heteroatoms. The summed E-state index contributed by atoms with van der Waals surface area (Å²) in [7, 11) is 0. The molecule has 5 nitrogen and oxygen atoms in total. The Morgan fingerprint density at radius 2 is 2.00 bits per heavy atom. The van der Waals surface area contributed by atoms with Crippen LogP contribution in [0.3, 0.4) is 0 Å². The number of aliphatic imine (C=N–C) groups is 1. The van der Waals surface area contributed by atoms with Gasteiger partial charge in [-0.05, 0) is 24.5 Å². The highest BCUT2D eigenvalue weighted by Gasteiger charge is 2.06. The molecule has 0 spiro atoms. The molecule has 3 N–H and O–H groups in total. The number of nitrogens with one attached hydrogen (secondary N) is 3. The van der Waals surface area contributed by atoms with Crippen molar-refractivity contribution in [3.63, 3.8) is 0 Å². The molecule has 0 amide bonds. The van der Waals surface area contributed by atoms with Crippen LogP contribution in [0.1, 0.15) is 31.0 Å². The molecule has 120 valence electrons. The third kappa shape index (κ3) is 6.05. The maximum atomic E-state index is 4.54. The summed E-state index contributed by atoms with van der Waals surface area (Å²) in [5.41, 5.74) is 2.33. The molecule has 0 bridgehead atoms. The summed E-state index contributed by atoms with van der Waals surface area (Å²) in [6.07, 6.45) is 1.74. The van der Waals surface area contributed by atoms with Crippen LogP contribution in [0.2, 0.25) is 0 Å². The quantitative estimate of drug-likeness (QED) is 0.388. The van der Waals surface area contributed by atoms with Gasteiger partial charge in [0, 0.05) is 19.3 Å². The predicted molar refractivity (Wildman–Crippen MR) is 102 cm³/mol. The van der Waals surface area contributed by atoms with E-state index in [9.17, 15) is 0 Å². The smallest absolute Gasteiger partial charge is 0.191 e. The van der Waals surface area contributed by atoms with E-state index in [2.05, 4.69) is 63.9 Å². The van der Waals surface area contributed by atoms with Crippen molar-refractivity contribution in [2.24, 2.45) is 4.99 Å². The highest BCUT2D eigenvalue weighted by Crippen LogP contribution is 2.12. The molecule has 2 rings (SSSR count). The topological polar surface area (TPSA) is 65.1 Å². The van der Waals surface area contributed by atoms with E-state index in [0.29, 0.717) is 12.5 Å². The zero-order valence-electron chi connectivity index (χ0n) is 13.0. The van der Waals surface area contributed by atoms with Crippen LogP contribution >= 0.6 is 24.0 Å². The summed E-state index contributed by atoms with van der Waals surface area (Å²) in [4.78, 5) is 4.54. The van der Waals surface area contributed by atoms with E-state index in [1.165, 1.54) is 5.56 Å². The van der Waals surface area contributed by atoms with E-state index in [-0.39, 0.29) is 24.0 Å². The van der Waals surface area contributed by atoms with E-state index in [1.54, 1.807) is 6.20 Å². The number of rotatable bonds is 6. The van der Waals surface area contributed by atoms with Crippen molar-refractivity contribution in [3.05, 3.63) is 53.9 Å². The van der Waals surface area contributed by atoms with Gasteiger partial charge in [0.05, 0.1) is 12.2 Å². The molecular formula is C16H24IN5. The second kappa shape index (κ2) is 10.2. The van der Waals surface area contributed by atoms with Gasteiger partial charge in [-0.25, -0.2) is 4.99 Å². The molecule has 0 aliphatic heterocycles. The average molecular weight is 413 g/mol. The van der Waals surface area contributed by atoms with Crippen LogP contribution < -0.4 is 10.6 Å². The molecule has 0 saturated carbocycles. The third-order valence-corrected chi connectivity index (χ3v) is 3.25. The van der Waals surface area contributed by atoms with Crippen LogP contribution in [0.15, 0.2) is 47.6 Å². The molecule has 0 aliphatic carbocycles. The van der Waals surface area contributed by atoms with Crippen LogP contribution in [0.4, 0.5) is 0 Å². The summed E-state index contributed by atoms with van der Waals surface area (Å²) in [5.74, 6) is 1.26. The number of guanidine groups is 1. The van der Waals surface area contributed by atoms with Crippen LogP contribution in [0.25, 0.3) is 0 Å². The van der Waals surface area contributed by atoms with Gasteiger partial charge in [-0.2, -0.15) is 5.10 Å². The number of aromatic nitrogens is 2. The molecular weight excluding hydrogens is 389 g/mol. The van der Waals surface area contributed by atoms with E-state index < -0.39 is 0 Å². The second-order valence-corrected chi connectivity index (χ2v) is 4.97. The number of nitrogens with zero attached hydrogens (tertiary/aromatic N) is 2. The summed E-state index contributed by atoms with van der Waals surface area (Å²) in [6, 6.07) is 12.4. The standard InChI is InChI=1S/C16H23N5.HI/c1-3-17-16(19-12-15-9-10-20-21-15)18-11-13(2)14-7-5-4-6-8-14;/h4-10,13H,3,11-12H2,1-2H3,(H,20,21)(H2,17,18,19);1H. The lowest BCUT2D eigenvalue weighted by molar-refractivity contribution is 0.699. The molecule has 1 aromatic carbocycles. The molecule has 0 saturated heterocycles. The molecule has 22 heavy (non-hydrogen) atoms. The van der Waals surface area contributed by atoms with Crippen LogP contribution in [-0.2, 0) is 6.54 Å². The molecule has 0 fully saturated rings. The Labute approximate surface area is 149 Å². The predicted octanol–water partition coefficient (Wildman–Crippen LogP) is 2.89. The lowest BCUT2D eigenvalue weighted by atomic mass is 10.0. The summed E-state index contributed by atoms with van der Waals surface area (Å²) >= 11 is 0. The van der Waals surface area contributed by atoms with Gasteiger partial charge in [0.1, 0.15) is 0 Å². The first-order valence-electron chi connectivity index (χ1n) is 7.35. The molecule has 2 aromatic rings. The average Bonchev–Trinajstić information content (AvgIpc) is 3.04. The monoisotopic (exact) mass is 413 g/mol. The fraction of sp³-hybridized carbons (Fsp3) is 0.375. The van der Waals surface area contributed by atoms with Gasteiger partial charge in [0.25, 0.3) is 0 Å². The van der Waals surface area contributed by atoms with Crippen molar-refractivity contribution in [1.29, 1.82) is 0 Å². The Kier molecular flexibility index (Phi) is 8.57. The third-order valence-electron chi connectivity index (χ3n) is 3.25. The van der Waals surface area contributed by atoms with E-state index >= 15 is 0 Å². The zero-order chi connectivity index (χ0) is 14.9. The minimum Gasteiger partial charge on any atom is -0.357 e. The van der Waals surface area contributed by atoms with E-state index in [1.807, 2.05) is 12.1 Å². The number of halogens is 1. The molecule has 1 atom stereocenters. The summed E-state index contributed by atoms with van der Waals surface area (Å²) in [5, 5.41) is 13.5. The number of benzene rings is 1. The maximum Gasteiger partial charge on any atom is 0.191 e. The van der Waals surface area contributed by atoms with Crippen LogP contribution in [0, 0.1) is 0 Å². The minimum absolute atomic E-state index is 0. The lowest BCUT2D eigenvalue weighted by Crippen LogP contribution is -2.39. The highest BCUT2D eigenvalue weighted by molar-refractivity contribution is 14.0. The first-order valence-corrected chi connectivity index (χ1v) is 7.35. The van der Waals surface area contributed by atoms with Gasteiger partial charge < -0.3 is 10.6 Å². The molecule has 0 aliphatic rings. The Morgan fingerprint density at radius 3 is 2.64 bits per heavy atom. The van der Waals surface area contributed by atoms with Gasteiger partial charge in [-0.15, -0.1) is 24.0 Å². The fourth-order valence-corrected chi connectivity index (χ4v) is 2.03. The highest BCUT2D eigenvalue weighted by atomic mass is 127. The van der Waals surface area contributed by atoms with Crippen LogP contribution in [-0.4, -0.2) is 29.2 Å². The molecule has 1 unspecified atom stereocenters. The maximum absolute atomic E-state index is 4.54. The lowest BCUT2D eigenvalue weighted by Gasteiger charge is -2.16. The van der Waals surface area contributed by atoms with Crippen molar-refractivity contribution in [2.75, 3.05) is 13.1 Å². The van der Waals surface area contributed by atoms with Gasteiger partial charge in [-0.1, -0.05) is 37.3 Å². The van der Waals surface area contributed by atoms with E-state index in [4.69, 9.17) is 0 Å². The van der Waals surface area contributed by atoms with Gasteiger partial charge in [0.15, 0.2) is 5.96 Å². The number of hydrogen-bond donors (Lipinski definition) is 3. The SMILES string of the molecule is CCNC(=NCc1ccn[nH]1)NCC(C)c1ccccc1.I. The van der Waals surface area contributed by atoms with Crippen molar-refractivity contribution in [3.8, 4) is 0 Å². The van der Waals surface area contributed by atoms with Crippen molar-refractivity contribution < 1.29 is 0 Å². The number of H-pyrrole nitrogens is 1. The first-order chi connectivity index (χ1) is 10.3. The Bertz CT molecular complexity index is 539. The van der Waals surface area contributed by atoms with Gasteiger partial charge in [-0.3, -0.25) is 5.10 Å². The molecule has 1 aromatic heterocycles. The fourth-order valence-electron chi connectivity index (χ4n) is 2.03. The van der Waals surface area contributed by atoms with Crippen molar-refractivity contribution >= 4 is 29.9 Å². The minimum atomic E-state index is 0. The second-order valence-electron chi connectivity index (χ2n) is 4.97. The normalized spacial score (nSPS) is 12.4. The van der Waals surface area contributed by atoms with Gasteiger partial charge >= 0.3 is 0 Å². The summed E-state index contributed by atoms with van der Waals surface area (Å²) < 4.78 is 0. The number of aromatic amines is 1. The first kappa shape index (κ1) is 18.5.